The number of aromatic nitrogens is 1. The molecule has 3 aromatic carbocycles. The van der Waals surface area contributed by atoms with E-state index in [1.807, 2.05) is 72.8 Å². The van der Waals surface area contributed by atoms with Crippen molar-refractivity contribution in [1.82, 2.24) is 36.6 Å². The highest BCUT2D eigenvalue weighted by Gasteiger charge is 2.39. The summed E-state index contributed by atoms with van der Waals surface area (Å²) in [5.41, 5.74) is 13.4. The summed E-state index contributed by atoms with van der Waals surface area (Å²) in [4.78, 5) is 103. The molecule has 0 saturated carbocycles. The van der Waals surface area contributed by atoms with Gasteiger partial charge in [-0.1, -0.05) is 66.7 Å². The van der Waals surface area contributed by atoms with E-state index in [0.29, 0.717) is 31.2 Å². The fourth-order valence-electron chi connectivity index (χ4n) is 8.37. The number of alkyl carbamates (subject to hydrolysis) is 1. The lowest BCUT2D eigenvalue weighted by Crippen LogP contribution is -2.59. The second-order valence-corrected chi connectivity index (χ2v) is 15.5. The minimum Gasteiger partial charge on any atom is -0.449 e. The Morgan fingerprint density at radius 1 is 0.836 bits per heavy atom. The normalized spacial score (nSPS) is 21.4. The Kier molecular flexibility index (Phi) is 13.6. The molecule has 320 valence electrons. The highest BCUT2D eigenvalue weighted by Crippen LogP contribution is 2.44. The number of benzene rings is 3. The number of primary amides is 1. The number of hydroxylamine groups is 1. The molecule has 4 aromatic rings. The van der Waals surface area contributed by atoms with Crippen LogP contribution in [0.4, 0.5) is 4.79 Å². The largest absolute Gasteiger partial charge is 0.449 e. The number of nitrogens with one attached hydrogen (secondary N) is 6. The van der Waals surface area contributed by atoms with Crippen LogP contribution >= 0.6 is 0 Å². The van der Waals surface area contributed by atoms with E-state index in [4.69, 9.17) is 15.3 Å². The molecule has 4 atom stereocenters. The first-order valence-corrected chi connectivity index (χ1v) is 20.6. The number of rotatable bonds is 9. The van der Waals surface area contributed by atoms with Gasteiger partial charge < -0.3 is 46.5 Å². The van der Waals surface area contributed by atoms with Crippen LogP contribution in [-0.4, -0.2) is 102 Å². The second kappa shape index (κ2) is 19.5. The SMILES string of the molecule is NC(=O)CNC(=O)[C@H]1CCCN1C(=O)[C@@H]1CCCCNOC(=O)CC[C@H](NC(=O)OCC2c3ccccc3-c3ccccc32)C(=O)N[C@H](Cc2c[nH]c3ccccc23)C(=O)N1. The van der Waals surface area contributed by atoms with E-state index >= 15 is 0 Å². The number of nitrogens with zero attached hydrogens (tertiary/aromatic N) is 1. The van der Waals surface area contributed by atoms with Crippen molar-refractivity contribution in [2.24, 2.45) is 5.73 Å². The van der Waals surface area contributed by atoms with Crippen molar-refractivity contribution in [3.63, 3.8) is 0 Å². The topological polar surface area (TPSA) is 243 Å². The summed E-state index contributed by atoms with van der Waals surface area (Å²) in [7, 11) is 0. The summed E-state index contributed by atoms with van der Waals surface area (Å²) < 4.78 is 5.74. The molecule has 2 saturated heterocycles. The Morgan fingerprint density at radius 2 is 1.56 bits per heavy atom. The summed E-state index contributed by atoms with van der Waals surface area (Å²) in [6.07, 6.45) is 2.29. The zero-order valence-corrected chi connectivity index (χ0v) is 33.6. The minimum atomic E-state index is -1.34. The van der Waals surface area contributed by atoms with Crippen molar-refractivity contribution < 1.29 is 43.1 Å². The van der Waals surface area contributed by atoms with Crippen molar-refractivity contribution in [1.29, 1.82) is 0 Å². The first-order chi connectivity index (χ1) is 29.6. The van der Waals surface area contributed by atoms with Crippen molar-refractivity contribution in [3.8, 4) is 11.1 Å². The van der Waals surface area contributed by atoms with Crippen LogP contribution in [0.2, 0.25) is 0 Å². The Hall–Kier alpha value is -6.75. The highest BCUT2D eigenvalue weighted by molar-refractivity contribution is 5.97. The number of carbonyl (C=O) groups excluding carboxylic acids is 7. The van der Waals surface area contributed by atoms with E-state index in [1.54, 1.807) is 6.20 Å². The number of carbonyl (C=O) groups is 7. The predicted octanol–water partition coefficient (Wildman–Crippen LogP) is 2.19. The van der Waals surface area contributed by atoms with Gasteiger partial charge in [0, 0.05) is 48.9 Å². The summed E-state index contributed by atoms with van der Waals surface area (Å²) in [5, 5.41) is 11.6. The van der Waals surface area contributed by atoms with Crippen molar-refractivity contribution in [3.05, 3.63) is 95.7 Å². The van der Waals surface area contributed by atoms with Crippen LogP contribution in [0.1, 0.15) is 67.6 Å². The average molecular weight is 835 g/mol. The number of hydrogen-bond donors (Lipinski definition) is 7. The van der Waals surface area contributed by atoms with E-state index in [-0.39, 0.29) is 57.8 Å². The van der Waals surface area contributed by atoms with Gasteiger partial charge in [0.1, 0.15) is 30.8 Å². The monoisotopic (exact) mass is 834 g/mol. The van der Waals surface area contributed by atoms with Crippen molar-refractivity contribution in [2.75, 3.05) is 26.2 Å². The average Bonchev–Trinajstić information content (AvgIpc) is 4.00. The van der Waals surface area contributed by atoms with Crippen LogP contribution in [0.3, 0.4) is 0 Å². The van der Waals surface area contributed by atoms with Crippen LogP contribution in [0.25, 0.3) is 22.0 Å². The molecule has 0 bridgehead atoms. The number of hydrogen-bond acceptors (Lipinski definition) is 10. The van der Waals surface area contributed by atoms with E-state index in [0.717, 1.165) is 33.2 Å². The molecule has 17 heteroatoms. The number of H-pyrrole nitrogens is 1. The quantitative estimate of drug-likeness (QED) is 0.130. The van der Waals surface area contributed by atoms with Crippen LogP contribution in [-0.2, 0) is 44.8 Å². The van der Waals surface area contributed by atoms with Crippen molar-refractivity contribution >= 4 is 52.5 Å². The third-order valence-corrected chi connectivity index (χ3v) is 11.4. The molecule has 3 aliphatic rings. The van der Waals surface area contributed by atoms with Gasteiger partial charge in [0.2, 0.25) is 29.5 Å². The smallest absolute Gasteiger partial charge is 0.407 e. The molecule has 8 N–H and O–H groups in total. The molecule has 7 rings (SSSR count). The van der Waals surface area contributed by atoms with Gasteiger partial charge in [0.05, 0.1) is 6.54 Å². The lowest BCUT2D eigenvalue weighted by molar-refractivity contribution is -0.151. The molecule has 0 radical (unpaired) electrons. The Labute approximate surface area is 351 Å². The first-order valence-electron chi connectivity index (χ1n) is 20.6. The van der Waals surface area contributed by atoms with E-state index in [2.05, 4.69) is 31.7 Å². The Bertz CT molecular complexity index is 2250. The molecule has 6 amide bonds. The number of nitrogens with two attached hydrogens (primary N) is 1. The highest BCUT2D eigenvalue weighted by atomic mass is 16.7. The van der Waals surface area contributed by atoms with Gasteiger partial charge in [-0.15, -0.1) is 0 Å². The van der Waals surface area contributed by atoms with Gasteiger partial charge >= 0.3 is 12.1 Å². The molecular weight excluding hydrogens is 785 g/mol. The second-order valence-electron chi connectivity index (χ2n) is 15.5. The summed E-state index contributed by atoms with van der Waals surface area (Å²) in [5.74, 6) is -4.12. The third-order valence-electron chi connectivity index (χ3n) is 11.4. The van der Waals surface area contributed by atoms with E-state index in [9.17, 15) is 33.6 Å². The van der Waals surface area contributed by atoms with Crippen LogP contribution in [0.5, 0.6) is 0 Å². The molecule has 17 nitrogen and oxygen atoms in total. The maximum Gasteiger partial charge on any atom is 0.407 e. The molecular formula is C44H50N8O9. The fourth-order valence-corrected chi connectivity index (χ4v) is 8.37. The Balaban J connectivity index is 1.12. The molecule has 0 spiro atoms. The summed E-state index contributed by atoms with van der Waals surface area (Å²) in [6, 6.07) is 18.6. The third kappa shape index (κ3) is 10.2. The lowest BCUT2D eigenvalue weighted by atomic mass is 9.98. The van der Waals surface area contributed by atoms with E-state index in [1.165, 1.54) is 4.90 Å². The maximum atomic E-state index is 14.4. The van der Waals surface area contributed by atoms with E-state index < -0.39 is 65.8 Å². The van der Waals surface area contributed by atoms with Crippen LogP contribution < -0.4 is 32.5 Å². The number of aromatic amines is 1. The van der Waals surface area contributed by atoms with Gasteiger partial charge in [-0.3, -0.25) is 28.8 Å². The predicted molar refractivity (Wildman–Crippen MR) is 222 cm³/mol. The first kappa shape index (κ1) is 42.4. The summed E-state index contributed by atoms with van der Waals surface area (Å²) in [6.45, 7) is 0.0664. The number of ether oxygens (including phenoxy) is 1. The Morgan fingerprint density at radius 3 is 2.31 bits per heavy atom. The zero-order chi connectivity index (χ0) is 42.9. The number of likely N-dealkylation sites (tertiary alicyclic amines) is 1. The summed E-state index contributed by atoms with van der Waals surface area (Å²) >= 11 is 0. The van der Waals surface area contributed by atoms with Gasteiger partial charge in [-0.25, -0.2) is 4.79 Å². The molecule has 1 aliphatic carbocycles. The molecule has 3 heterocycles. The van der Waals surface area contributed by atoms with Gasteiger partial charge in [-0.2, -0.15) is 5.48 Å². The zero-order valence-electron chi connectivity index (χ0n) is 33.6. The number of para-hydroxylation sites is 1. The lowest BCUT2D eigenvalue weighted by Gasteiger charge is -2.30. The molecule has 2 fully saturated rings. The van der Waals surface area contributed by atoms with Gasteiger partial charge in [0.25, 0.3) is 0 Å². The standard InChI is InChI=1S/C44H50N8O9/c45-38(53)24-47-42(57)37-17-9-21-52(37)43(58)35-16-7-8-20-48-61-39(54)19-18-34(40(55)50-36(41(56)49-35)22-26-23-46-33-15-6-5-10-27(26)33)51-44(59)60-25-32-30-13-3-1-11-28(30)29-12-2-4-14-31(29)32/h1-6,10-15,23,32,34-37,46,48H,7-9,16-22,24-25H2,(H2,45,53)(H,47,57)(H,49,56)(H,50,55)(H,51,59)/t34-,35-,36+,37+/m0/s1. The molecule has 0 unspecified atom stereocenters. The van der Waals surface area contributed by atoms with Gasteiger partial charge in [0.15, 0.2) is 0 Å². The molecule has 61 heavy (non-hydrogen) atoms. The molecule has 2 aliphatic heterocycles. The molecule has 1 aromatic heterocycles. The number of amides is 6. The fraction of sp³-hybridized carbons (Fsp3) is 0.386. The number of fused-ring (bicyclic) bond motifs is 4. The van der Waals surface area contributed by atoms with Crippen LogP contribution in [0, 0.1) is 0 Å². The van der Waals surface area contributed by atoms with Crippen LogP contribution in [0.15, 0.2) is 79.0 Å². The van der Waals surface area contributed by atoms with Gasteiger partial charge in [-0.05, 0) is 72.4 Å². The maximum absolute atomic E-state index is 14.4. The van der Waals surface area contributed by atoms with Crippen molar-refractivity contribution in [2.45, 2.75) is 81.5 Å². The minimum absolute atomic E-state index is 0.00597.